The number of rotatable bonds is 24. The quantitative estimate of drug-likeness (QED) is 0.0447. The van der Waals surface area contributed by atoms with Crippen molar-refractivity contribution >= 4 is 28.6 Å². The monoisotopic (exact) mass is 1110 g/mol. The van der Waals surface area contributed by atoms with Crippen molar-refractivity contribution in [3.63, 3.8) is 0 Å². The number of hydrogen-bond acceptors (Lipinski definition) is 3. The minimum Gasteiger partial charge on any atom is -0.311 e. The van der Waals surface area contributed by atoms with Crippen molar-refractivity contribution in [2.75, 3.05) is 4.90 Å². The van der Waals surface area contributed by atoms with E-state index in [4.69, 9.17) is 0 Å². The molecule has 10 aromatic carbocycles. The molecule has 3 nitrogen and oxygen atoms in total. The zero-order valence-electron chi connectivity index (χ0n) is 50.2. The molecule has 2 aliphatic carbocycles. The lowest BCUT2D eigenvalue weighted by atomic mass is 9.68. The number of benzene rings is 10. The molecular weight excluding hydrogens is 1030 g/mol. The topological polar surface area (TPSA) is 37.4 Å². The summed E-state index contributed by atoms with van der Waals surface area (Å²) in [5.74, 6) is 0.0772. The van der Waals surface area contributed by atoms with Gasteiger partial charge in [0, 0.05) is 35.3 Å². The molecule has 0 unspecified atom stereocenters. The molecule has 85 heavy (non-hydrogen) atoms. The average Bonchev–Trinajstić information content (AvgIpc) is 1.62. The molecule has 0 aliphatic heterocycles. The normalized spacial score (nSPS) is 13.2. The van der Waals surface area contributed by atoms with Gasteiger partial charge in [-0.05, 0) is 183 Å². The van der Waals surface area contributed by atoms with Gasteiger partial charge < -0.3 is 4.90 Å². The fraction of sp³-hybridized carbons (Fsp3) is 0.244. The highest BCUT2D eigenvalue weighted by atomic mass is 16.2. The van der Waals surface area contributed by atoms with Crippen molar-refractivity contribution in [1.82, 2.24) is 0 Å². The van der Waals surface area contributed by atoms with Gasteiger partial charge in [0.25, 0.3) is 0 Å². The highest BCUT2D eigenvalue weighted by Gasteiger charge is 2.53. The van der Waals surface area contributed by atoms with Gasteiger partial charge in [-0.3, -0.25) is 9.59 Å². The average molecular weight is 1110 g/mol. The smallest absolute Gasteiger partial charge is 0.155 e. The molecule has 424 valence electrons. The highest BCUT2D eigenvalue weighted by Crippen LogP contribution is 2.56. The molecule has 10 aromatic rings. The van der Waals surface area contributed by atoms with Gasteiger partial charge in [0.15, 0.2) is 11.6 Å². The molecule has 0 heterocycles. The van der Waals surface area contributed by atoms with Crippen molar-refractivity contribution in [1.29, 1.82) is 0 Å². The Morgan fingerprint density at radius 3 is 1.12 bits per heavy atom. The Morgan fingerprint density at radius 2 is 0.671 bits per heavy atom. The predicted octanol–water partition coefficient (Wildman–Crippen LogP) is 21.7. The zero-order valence-corrected chi connectivity index (χ0v) is 50.2. The molecule has 0 saturated carbocycles. The van der Waals surface area contributed by atoms with Crippen molar-refractivity contribution < 1.29 is 9.59 Å². The number of nitrogens with zero attached hydrogens (tertiary/aromatic N) is 1. The first-order valence-electron chi connectivity index (χ1n) is 31.5. The Balaban J connectivity index is 0.897. The summed E-state index contributed by atoms with van der Waals surface area (Å²) < 4.78 is 0. The molecule has 0 saturated heterocycles. The van der Waals surface area contributed by atoms with Crippen LogP contribution < -0.4 is 4.90 Å². The molecule has 0 aromatic heterocycles. The first-order chi connectivity index (χ1) is 41.7. The molecule has 0 bridgehead atoms. The Hall–Kier alpha value is -8.66. The molecule has 3 heteroatoms. The SMILES string of the molecule is CCCCCCCC(=O)C1(C(=O)CCCCCCC)c2cc(-c3ccc(C)cc3)ccc2-c2ccc(-c3ccc(N(c4ccccc4)c4ccc(-c5ccc6c(c5)C(Cc5ccccc5)(Cc5ccccc5)c5cc(C)ccc5-6)cc4)cc3)cc21. The van der Waals surface area contributed by atoms with E-state index in [2.05, 4.69) is 269 Å². The predicted molar refractivity (Wildman–Crippen MR) is 356 cm³/mol. The molecule has 0 atom stereocenters. The molecule has 0 spiro atoms. The summed E-state index contributed by atoms with van der Waals surface area (Å²) in [6, 6.07) is 86.5. The van der Waals surface area contributed by atoms with Crippen LogP contribution in [0.4, 0.5) is 17.1 Å². The van der Waals surface area contributed by atoms with Crippen molar-refractivity contribution in [3.8, 4) is 55.6 Å². The van der Waals surface area contributed by atoms with E-state index >= 15 is 9.59 Å². The van der Waals surface area contributed by atoms with Crippen LogP contribution in [0, 0.1) is 13.8 Å². The molecule has 2 aliphatic rings. The summed E-state index contributed by atoms with van der Waals surface area (Å²) in [4.78, 5) is 33.4. The third kappa shape index (κ3) is 11.3. The zero-order chi connectivity index (χ0) is 58.3. The first kappa shape index (κ1) is 56.8. The third-order valence-electron chi connectivity index (χ3n) is 18.5. The van der Waals surface area contributed by atoms with Gasteiger partial charge in [-0.15, -0.1) is 0 Å². The fourth-order valence-electron chi connectivity index (χ4n) is 14.1. The fourth-order valence-corrected chi connectivity index (χ4v) is 14.1. The summed E-state index contributed by atoms with van der Waals surface area (Å²) in [5.41, 5.74) is 22.3. The number of ketones is 2. The molecule has 0 N–H and O–H groups in total. The van der Waals surface area contributed by atoms with Crippen molar-refractivity contribution in [2.45, 2.75) is 128 Å². The largest absolute Gasteiger partial charge is 0.311 e. The maximum atomic E-state index is 15.6. The number of fused-ring (bicyclic) bond motifs is 6. The van der Waals surface area contributed by atoms with E-state index in [-0.39, 0.29) is 17.0 Å². The summed E-state index contributed by atoms with van der Waals surface area (Å²) in [5, 5.41) is 0. The van der Waals surface area contributed by atoms with Crippen LogP contribution in [0.2, 0.25) is 0 Å². The van der Waals surface area contributed by atoms with Crippen molar-refractivity contribution in [3.05, 3.63) is 281 Å². The van der Waals surface area contributed by atoms with Crippen LogP contribution in [-0.2, 0) is 33.3 Å². The van der Waals surface area contributed by atoms with Gasteiger partial charge in [-0.1, -0.05) is 258 Å². The lowest BCUT2D eigenvalue weighted by Gasteiger charge is -2.33. The Kier molecular flexibility index (Phi) is 16.9. The number of Topliss-reactive ketones (excluding diaryl/α,β-unsaturated/α-hetero) is 2. The standard InChI is InChI=1S/C82H79NO2/c1-5-7-9-11-22-30-79(84)82(80(85)31-23-12-10-8-6-2)77-54-66(62-35-32-58(3)33-36-62)42-50-73(77)74-51-43-67(55-78(74)82)64-39-46-70(47-40-64)83(68-28-20-15-21-29-68)69-44-37-63(38-45-69)65-41-49-72-71-48-34-59(4)52-75(71)81(76(72)53-65,56-60-24-16-13-17-25-60)57-61-26-18-14-19-27-61/h13-21,24-29,32-55H,5-12,22-23,30-31,56-57H2,1-4H3. The second kappa shape index (κ2) is 25.3. The highest BCUT2D eigenvalue weighted by molar-refractivity contribution is 6.20. The van der Waals surface area contributed by atoms with E-state index in [1.165, 1.54) is 55.6 Å². The lowest BCUT2D eigenvalue weighted by Crippen LogP contribution is -2.43. The maximum absolute atomic E-state index is 15.6. The number of anilines is 3. The molecule has 12 rings (SSSR count). The number of carbonyl (C=O) groups is 2. The molecule has 0 amide bonds. The van der Waals surface area contributed by atoms with E-state index in [1.807, 2.05) is 0 Å². The number of para-hydroxylation sites is 1. The van der Waals surface area contributed by atoms with Crippen molar-refractivity contribution in [2.24, 2.45) is 0 Å². The van der Waals surface area contributed by atoms with Gasteiger partial charge in [0.05, 0.1) is 0 Å². The summed E-state index contributed by atoms with van der Waals surface area (Å²) in [6.07, 6.45) is 12.8. The summed E-state index contributed by atoms with van der Waals surface area (Å²) in [7, 11) is 0. The van der Waals surface area contributed by atoms with Crippen LogP contribution in [0.5, 0.6) is 0 Å². The van der Waals surface area contributed by atoms with Gasteiger partial charge in [0.1, 0.15) is 5.41 Å². The maximum Gasteiger partial charge on any atom is 0.155 e. The first-order valence-corrected chi connectivity index (χ1v) is 31.5. The van der Waals surface area contributed by atoms with E-state index in [1.54, 1.807) is 0 Å². The second-order valence-electron chi connectivity index (χ2n) is 24.3. The van der Waals surface area contributed by atoms with Gasteiger partial charge in [-0.2, -0.15) is 0 Å². The molecular formula is C82H79NO2. The van der Waals surface area contributed by atoms with Gasteiger partial charge in [0.2, 0.25) is 0 Å². The lowest BCUT2D eigenvalue weighted by molar-refractivity contribution is -0.133. The van der Waals surface area contributed by atoms with Crippen LogP contribution in [0.25, 0.3) is 55.6 Å². The van der Waals surface area contributed by atoms with Crippen LogP contribution in [0.3, 0.4) is 0 Å². The number of hydrogen-bond donors (Lipinski definition) is 0. The summed E-state index contributed by atoms with van der Waals surface area (Å²) >= 11 is 0. The minimum absolute atomic E-state index is 0.0386. The van der Waals surface area contributed by atoms with E-state index in [0.29, 0.717) is 12.8 Å². The second-order valence-corrected chi connectivity index (χ2v) is 24.3. The third-order valence-corrected chi connectivity index (χ3v) is 18.5. The molecule has 0 fully saturated rings. The van der Waals surface area contributed by atoms with Crippen LogP contribution in [0.1, 0.15) is 135 Å². The van der Waals surface area contributed by atoms with Crippen LogP contribution in [-0.4, -0.2) is 11.6 Å². The van der Waals surface area contributed by atoms with Gasteiger partial charge >= 0.3 is 0 Å². The summed E-state index contributed by atoms with van der Waals surface area (Å²) in [6.45, 7) is 8.77. The number of unbranched alkanes of at least 4 members (excludes halogenated alkanes) is 8. The van der Waals surface area contributed by atoms with Crippen LogP contribution in [0.15, 0.2) is 237 Å². The van der Waals surface area contributed by atoms with E-state index < -0.39 is 5.41 Å². The Bertz CT molecular complexity index is 3880. The number of aryl methyl sites for hydroxylation is 2. The van der Waals surface area contributed by atoms with E-state index in [0.717, 1.165) is 139 Å². The Labute approximate surface area is 505 Å². The van der Waals surface area contributed by atoms with E-state index in [9.17, 15) is 0 Å². The molecule has 0 radical (unpaired) electrons. The van der Waals surface area contributed by atoms with Gasteiger partial charge in [-0.25, -0.2) is 0 Å². The minimum atomic E-state index is -1.38. The number of carbonyl (C=O) groups excluding carboxylic acids is 2. The Morgan fingerprint density at radius 1 is 0.329 bits per heavy atom. The van der Waals surface area contributed by atoms with Crippen LogP contribution >= 0.6 is 0 Å².